The summed E-state index contributed by atoms with van der Waals surface area (Å²) in [5.74, 6) is 0.251. The van der Waals surface area contributed by atoms with Crippen molar-refractivity contribution in [2.24, 2.45) is 0 Å². The number of sulfone groups is 1. The lowest BCUT2D eigenvalue weighted by molar-refractivity contribution is 0.192. The molecule has 0 atom stereocenters. The molecule has 6 nitrogen and oxygen atoms in total. The number of amides is 1. The number of ether oxygens (including phenoxy) is 1. The second kappa shape index (κ2) is 8.00. The third kappa shape index (κ3) is 5.01. The zero-order valence-electron chi connectivity index (χ0n) is 15.1. The first kappa shape index (κ1) is 19.2. The summed E-state index contributed by atoms with van der Waals surface area (Å²) in [6.45, 7) is 0. The van der Waals surface area contributed by atoms with Crippen molar-refractivity contribution < 1.29 is 23.1 Å². The highest BCUT2D eigenvalue weighted by atomic mass is 32.2. The maximum Gasteiger partial charge on any atom is 0.412 e. The van der Waals surface area contributed by atoms with Crippen molar-refractivity contribution >= 4 is 15.9 Å². The van der Waals surface area contributed by atoms with Crippen molar-refractivity contribution in [2.45, 2.75) is 43.0 Å². The highest BCUT2D eigenvalue weighted by Gasteiger charge is 2.17. The van der Waals surface area contributed by atoms with Crippen LogP contribution in [0.4, 0.5) is 4.79 Å². The van der Waals surface area contributed by atoms with Gasteiger partial charge in [-0.15, -0.1) is 0 Å². The number of hydrogen-bond donors (Lipinski definition) is 2. The van der Waals surface area contributed by atoms with Crippen LogP contribution in [0.1, 0.15) is 32.1 Å². The van der Waals surface area contributed by atoms with Gasteiger partial charge >= 0.3 is 6.09 Å². The number of aromatic hydroxyl groups is 1. The van der Waals surface area contributed by atoms with Crippen LogP contribution in [-0.2, 0) is 9.84 Å². The monoisotopic (exact) mass is 389 g/mol. The molecule has 1 aliphatic carbocycles. The molecular formula is C20H23NO5S. The summed E-state index contributed by atoms with van der Waals surface area (Å²) in [6.07, 6.45) is 5.91. The minimum atomic E-state index is -3.37. The van der Waals surface area contributed by atoms with Crippen molar-refractivity contribution in [3.05, 3.63) is 42.5 Å². The van der Waals surface area contributed by atoms with Crippen LogP contribution >= 0.6 is 0 Å². The largest absolute Gasteiger partial charge is 0.507 e. The van der Waals surface area contributed by atoms with E-state index in [1.54, 1.807) is 12.1 Å². The van der Waals surface area contributed by atoms with Gasteiger partial charge in [-0.2, -0.15) is 0 Å². The van der Waals surface area contributed by atoms with Gasteiger partial charge in [0, 0.05) is 17.9 Å². The summed E-state index contributed by atoms with van der Waals surface area (Å²) >= 11 is 0. The van der Waals surface area contributed by atoms with Crippen LogP contribution in [0.15, 0.2) is 47.4 Å². The number of phenols is 1. The van der Waals surface area contributed by atoms with Gasteiger partial charge in [0.1, 0.15) is 11.5 Å². The van der Waals surface area contributed by atoms with E-state index in [4.69, 9.17) is 4.74 Å². The fourth-order valence-corrected chi connectivity index (χ4v) is 3.92. The first-order valence-electron chi connectivity index (χ1n) is 8.95. The van der Waals surface area contributed by atoms with Crippen LogP contribution in [0, 0.1) is 0 Å². The molecule has 0 aliphatic heterocycles. The lowest BCUT2D eigenvalue weighted by atomic mass is 9.96. The van der Waals surface area contributed by atoms with Gasteiger partial charge in [-0.1, -0.05) is 31.4 Å². The molecule has 0 bridgehead atoms. The molecule has 2 aromatic carbocycles. The predicted octanol–water partition coefficient (Wildman–Crippen LogP) is 3.88. The summed E-state index contributed by atoms with van der Waals surface area (Å²) in [6, 6.07) is 10.9. The summed E-state index contributed by atoms with van der Waals surface area (Å²) in [5, 5.41) is 13.0. The molecule has 1 amide bonds. The van der Waals surface area contributed by atoms with E-state index >= 15 is 0 Å². The topological polar surface area (TPSA) is 92.7 Å². The maximum atomic E-state index is 12.1. The van der Waals surface area contributed by atoms with E-state index in [-0.39, 0.29) is 22.4 Å². The van der Waals surface area contributed by atoms with E-state index in [9.17, 15) is 18.3 Å². The molecule has 0 heterocycles. The van der Waals surface area contributed by atoms with Crippen LogP contribution in [0.25, 0.3) is 11.1 Å². The van der Waals surface area contributed by atoms with E-state index in [0.717, 1.165) is 31.9 Å². The number of hydrogen-bond acceptors (Lipinski definition) is 5. The molecule has 7 heteroatoms. The van der Waals surface area contributed by atoms with Gasteiger partial charge in [0.15, 0.2) is 9.84 Å². The standard InChI is InChI=1S/C20H23NO5S/c1-27(24,25)17-9-5-6-14(12-17)18-13-16(10-11-19(18)22)26-20(23)21-15-7-3-2-4-8-15/h5-6,9-13,15,22H,2-4,7-8H2,1H3,(H,21,23). The molecule has 3 rings (SSSR count). The second-order valence-corrected chi connectivity index (χ2v) is 8.86. The van der Waals surface area contributed by atoms with Crippen LogP contribution < -0.4 is 10.1 Å². The highest BCUT2D eigenvalue weighted by Crippen LogP contribution is 2.33. The van der Waals surface area contributed by atoms with E-state index in [1.165, 1.54) is 36.8 Å². The lowest BCUT2D eigenvalue weighted by Crippen LogP contribution is -2.37. The molecule has 0 saturated heterocycles. The summed E-state index contributed by atoms with van der Waals surface area (Å²) in [7, 11) is -3.37. The molecule has 2 aromatic rings. The first-order valence-corrected chi connectivity index (χ1v) is 10.8. The van der Waals surface area contributed by atoms with Gasteiger partial charge in [0.25, 0.3) is 0 Å². The Morgan fingerprint density at radius 1 is 1.11 bits per heavy atom. The van der Waals surface area contributed by atoms with Gasteiger partial charge in [-0.3, -0.25) is 0 Å². The minimum Gasteiger partial charge on any atom is -0.507 e. The average Bonchev–Trinajstić information content (AvgIpc) is 2.63. The molecule has 0 spiro atoms. The Labute approximate surface area is 159 Å². The predicted molar refractivity (Wildman–Crippen MR) is 103 cm³/mol. The van der Waals surface area contributed by atoms with Crippen LogP contribution in [0.3, 0.4) is 0 Å². The van der Waals surface area contributed by atoms with Gasteiger partial charge in [0.2, 0.25) is 0 Å². The van der Waals surface area contributed by atoms with Crippen molar-refractivity contribution in [1.82, 2.24) is 5.32 Å². The number of benzene rings is 2. The highest BCUT2D eigenvalue weighted by molar-refractivity contribution is 7.90. The van der Waals surface area contributed by atoms with Gasteiger partial charge in [-0.05, 0) is 48.7 Å². The number of carbonyl (C=O) groups excluding carboxylic acids is 1. The summed E-state index contributed by atoms with van der Waals surface area (Å²) < 4.78 is 28.9. The number of nitrogens with one attached hydrogen (secondary N) is 1. The fourth-order valence-electron chi connectivity index (χ4n) is 3.25. The van der Waals surface area contributed by atoms with Crippen molar-refractivity contribution in [3.8, 4) is 22.6 Å². The third-order valence-corrected chi connectivity index (χ3v) is 5.79. The minimum absolute atomic E-state index is 0.0271. The van der Waals surface area contributed by atoms with Gasteiger partial charge in [-0.25, -0.2) is 13.2 Å². The average molecular weight is 389 g/mol. The number of phenolic OH excluding ortho intramolecular Hbond substituents is 1. The number of rotatable bonds is 4. The van der Waals surface area contributed by atoms with E-state index in [0.29, 0.717) is 11.1 Å². The Morgan fingerprint density at radius 2 is 1.85 bits per heavy atom. The molecule has 0 unspecified atom stereocenters. The SMILES string of the molecule is CS(=O)(=O)c1cccc(-c2cc(OC(=O)NC3CCCCC3)ccc2O)c1. The molecular weight excluding hydrogens is 366 g/mol. The zero-order valence-corrected chi connectivity index (χ0v) is 16.0. The fraction of sp³-hybridized carbons (Fsp3) is 0.350. The smallest absolute Gasteiger partial charge is 0.412 e. The van der Waals surface area contributed by atoms with Gasteiger partial charge in [0.05, 0.1) is 4.90 Å². The molecule has 1 saturated carbocycles. The van der Waals surface area contributed by atoms with Gasteiger partial charge < -0.3 is 15.2 Å². The molecule has 0 radical (unpaired) electrons. The van der Waals surface area contributed by atoms with Crippen molar-refractivity contribution in [1.29, 1.82) is 0 Å². The van der Waals surface area contributed by atoms with Crippen LogP contribution in [-0.4, -0.2) is 31.9 Å². The molecule has 27 heavy (non-hydrogen) atoms. The lowest BCUT2D eigenvalue weighted by Gasteiger charge is -2.22. The molecule has 1 aliphatic rings. The van der Waals surface area contributed by atoms with Crippen molar-refractivity contribution in [2.75, 3.05) is 6.26 Å². The Kier molecular flexibility index (Phi) is 5.70. The van der Waals surface area contributed by atoms with E-state index < -0.39 is 15.9 Å². The quantitative estimate of drug-likeness (QED) is 0.828. The maximum absolute atomic E-state index is 12.1. The molecule has 144 valence electrons. The Bertz CT molecular complexity index is 933. The third-order valence-electron chi connectivity index (χ3n) is 4.68. The molecule has 1 fully saturated rings. The Morgan fingerprint density at radius 3 is 2.56 bits per heavy atom. The Balaban J connectivity index is 1.79. The number of carbonyl (C=O) groups is 1. The Hall–Kier alpha value is -2.54. The first-order chi connectivity index (χ1) is 12.8. The molecule has 2 N–H and O–H groups in total. The van der Waals surface area contributed by atoms with E-state index in [1.807, 2.05) is 0 Å². The normalized spacial score (nSPS) is 15.3. The van der Waals surface area contributed by atoms with Crippen LogP contribution in [0.5, 0.6) is 11.5 Å². The molecule has 0 aromatic heterocycles. The van der Waals surface area contributed by atoms with Crippen LogP contribution in [0.2, 0.25) is 0 Å². The second-order valence-electron chi connectivity index (χ2n) is 6.85. The summed E-state index contributed by atoms with van der Waals surface area (Å²) in [5.41, 5.74) is 0.914. The zero-order chi connectivity index (χ0) is 19.4. The van der Waals surface area contributed by atoms with Crippen molar-refractivity contribution in [3.63, 3.8) is 0 Å². The summed E-state index contributed by atoms with van der Waals surface area (Å²) in [4.78, 5) is 12.3. The van der Waals surface area contributed by atoms with E-state index in [2.05, 4.69) is 5.32 Å².